The van der Waals surface area contributed by atoms with Crippen LogP contribution in [0.2, 0.25) is 0 Å². The molecule has 2 bridgehead atoms. The molecule has 29 heavy (non-hydrogen) atoms. The van der Waals surface area contributed by atoms with Gasteiger partial charge in [0.1, 0.15) is 5.69 Å². The normalized spacial score (nSPS) is 17.6. The number of pyridine rings is 1. The van der Waals surface area contributed by atoms with Crippen molar-refractivity contribution in [1.29, 1.82) is 0 Å². The van der Waals surface area contributed by atoms with Gasteiger partial charge >= 0.3 is 0 Å². The average Bonchev–Trinajstić information content (AvgIpc) is 3.39. The first-order chi connectivity index (χ1) is 14.1. The summed E-state index contributed by atoms with van der Waals surface area (Å²) in [5.74, 6) is 0.0468. The van der Waals surface area contributed by atoms with Crippen molar-refractivity contribution in [1.82, 2.24) is 19.7 Å². The molecule has 5 heterocycles. The number of aromatic amines is 1. The van der Waals surface area contributed by atoms with Gasteiger partial charge in [-0.05, 0) is 49.2 Å². The molecule has 0 spiro atoms. The number of carbonyl (C=O) groups is 2. The molecule has 0 fully saturated rings. The lowest BCUT2D eigenvalue weighted by Gasteiger charge is -2.07. The van der Waals surface area contributed by atoms with E-state index in [1.165, 1.54) is 11.5 Å². The third kappa shape index (κ3) is 3.09. The first kappa shape index (κ1) is 17.6. The van der Waals surface area contributed by atoms with Crippen LogP contribution in [0.15, 0.2) is 23.6 Å². The highest BCUT2D eigenvalue weighted by Gasteiger charge is 2.28. The van der Waals surface area contributed by atoms with E-state index in [2.05, 4.69) is 20.0 Å². The maximum atomic E-state index is 12.7. The second kappa shape index (κ2) is 6.85. The van der Waals surface area contributed by atoms with Gasteiger partial charge in [0.2, 0.25) is 5.88 Å². The number of rotatable bonds is 0. The minimum absolute atomic E-state index is 0.203. The van der Waals surface area contributed by atoms with Gasteiger partial charge in [-0.25, -0.2) is 4.98 Å². The smallest absolute Gasteiger partial charge is 0.258 e. The fourth-order valence-corrected chi connectivity index (χ4v) is 4.07. The third-order valence-electron chi connectivity index (χ3n) is 4.82. The molecule has 146 valence electrons. The highest BCUT2D eigenvalue weighted by molar-refractivity contribution is 7.04. The first-order valence-corrected chi connectivity index (χ1v) is 10.0. The maximum Gasteiger partial charge on any atom is 0.258 e. The molecular formula is C20H17N5O3S. The molecule has 0 aromatic carbocycles. The summed E-state index contributed by atoms with van der Waals surface area (Å²) in [6.45, 7) is 2.76. The van der Waals surface area contributed by atoms with E-state index in [-0.39, 0.29) is 11.8 Å². The van der Waals surface area contributed by atoms with E-state index in [4.69, 9.17) is 9.72 Å². The fraction of sp³-hybridized carbons (Fsp3) is 0.200. The van der Waals surface area contributed by atoms with E-state index in [9.17, 15) is 9.59 Å². The van der Waals surface area contributed by atoms with E-state index >= 15 is 0 Å². The van der Waals surface area contributed by atoms with E-state index < -0.39 is 0 Å². The summed E-state index contributed by atoms with van der Waals surface area (Å²) in [7, 11) is 0. The number of hydrogen-bond donors (Lipinski definition) is 3. The summed E-state index contributed by atoms with van der Waals surface area (Å²) >= 11 is 1.29. The number of fused-ring (bicyclic) bond motifs is 4. The Hall–Kier alpha value is -3.46. The van der Waals surface area contributed by atoms with Crippen LogP contribution in [0, 0.1) is 6.92 Å². The third-order valence-corrected chi connectivity index (χ3v) is 5.43. The first-order valence-electron chi connectivity index (χ1n) is 9.20. The van der Waals surface area contributed by atoms with Crippen LogP contribution in [0.1, 0.15) is 33.9 Å². The predicted molar refractivity (Wildman–Crippen MR) is 110 cm³/mol. The Morgan fingerprint density at radius 1 is 1.17 bits per heavy atom. The van der Waals surface area contributed by atoms with Gasteiger partial charge in [0, 0.05) is 17.6 Å². The number of nitrogens with one attached hydrogen (secondary N) is 3. The number of anilines is 1. The molecule has 2 aliphatic rings. The van der Waals surface area contributed by atoms with Crippen LogP contribution in [0.25, 0.3) is 22.9 Å². The van der Waals surface area contributed by atoms with E-state index in [1.54, 1.807) is 12.1 Å². The van der Waals surface area contributed by atoms with Gasteiger partial charge in [-0.15, -0.1) is 0 Å². The molecule has 0 saturated heterocycles. The van der Waals surface area contributed by atoms with Crippen LogP contribution < -0.4 is 15.4 Å². The standard InChI is InChI=1S/C20H17N5O3S/c1-10-7-11-16(22-10)8-12-17-15(24-19(12)27)4-3-14(23-17)13-9-29-25-20(13)28-6-2-5-21-18(11)26/h3-4,7-9,22H,2,5-6H2,1H3,(H,21,26)(H,24,27)/b12-8-. The minimum atomic E-state index is -0.257. The lowest BCUT2D eigenvalue weighted by atomic mass is 10.1. The largest absolute Gasteiger partial charge is 0.477 e. The van der Waals surface area contributed by atoms with E-state index in [0.717, 1.165) is 11.3 Å². The number of carbonyl (C=O) groups excluding carboxylic acids is 2. The van der Waals surface area contributed by atoms with Crippen molar-refractivity contribution in [2.24, 2.45) is 0 Å². The van der Waals surface area contributed by atoms with E-state index in [0.29, 0.717) is 59.4 Å². The molecule has 2 aliphatic heterocycles. The van der Waals surface area contributed by atoms with Gasteiger partial charge in [0.15, 0.2) is 0 Å². The molecule has 9 heteroatoms. The zero-order chi connectivity index (χ0) is 20.0. The summed E-state index contributed by atoms with van der Waals surface area (Å²) in [4.78, 5) is 33.1. The lowest BCUT2D eigenvalue weighted by molar-refractivity contribution is -0.110. The van der Waals surface area contributed by atoms with Gasteiger partial charge in [-0.2, -0.15) is 4.37 Å². The molecule has 0 saturated carbocycles. The SMILES string of the molecule is Cc1cc2c([nH]1)/C=C1\C(=O)Nc3ccc(nc31)-c1csnc1OCCCNC2=O. The highest BCUT2D eigenvalue weighted by Crippen LogP contribution is 2.36. The second-order valence-corrected chi connectivity index (χ2v) is 7.50. The summed E-state index contributed by atoms with van der Waals surface area (Å²) in [5.41, 5.74) is 4.94. The fourth-order valence-electron chi connectivity index (χ4n) is 3.44. The Balaban J connectivity index is 1.69. The van der Waals surface area contributed by atoms with Crippen molar-refractivity contribution in [2.45, 2.75) is 13.3 Å². The number of ether oxygens (including phenoxy) is 1. The van der Waals surface area contributed by atoms with Gasteiger partial charge < -0.3 is 20.4 Å². The maximum absolute atomic E-state index is 12.7. The van der Waals surface area contributed by atoms with Crippen molar-refractivity contribution in [3.05, 3.63) is 46.2 Å². The van der Waals surface area contributed by atoms with Crippen LogP contribution in [-0.4, -0.2) is 39.3 Å². The molecule has 3 aromatic heterocycles. The van der Waals surface area contributed by atoms with Crippen molar-refractivity contribution in [2.75, 3.05) is 18.5 Å². The molecular weight excluding hydrogens is 390 g/mol. The number of nitrogens with zero attached hydrogens (tertiary/aromatic N) is 2. The number of hydrogen-bond acceptors (Lipinski definition) is 6. The van der Waals surface area contributed by atoms with Gasteiger partial charge in [-0.3, -0.25) is 9.59 Å². The topological polar surface area (TPSA) is 109 Å². The van der Waals surface area contributed by atoms with Gasteiger partial charge in [0.05, 0.1) is 40.4 Å². The van der Waals surface area contributed by atoms with Crippen molar-refractivity contribution >= 4 is 40.7 Å². The molecule has 0 radical (unpaired) electrons. The summed E-state index contributed by atoms with van der Waals surface area (Å²) in [6.07, 6.45) is 2.32. The minimum Gasteiger partial charge on any atom is -0.477 e. The molecule has 0 atom stereocenters. The quantitative estimate of drug-likeness (QED) is 0.531. The summed E-state index contributed by atoms with van der Waals surface area (Å²) in [5, 5.41) is 7.61. The summed E-state index contributed by atoms with van der Waals surface area (Å²) in [6, 6.07) is 5.44. The average molecular weight is 407 g/mol. The molecule has 0 aliphatic carbocycles. The molecule has 3 N–H and O–H groups in total. The van der Waals surface area contributed by atoms with Crippen LogP contribution in [0.4, 0.5) is 5.69 Å². The zero-order valence-electron chi connectivity index (χ0n) is 15.5. The van der Waals surface area contributed by atoms with Crippen LogP contribution in [0.5, 0.6) is 5.88 Å². The van der Waals surface area contributed by atoms with Crippen LogP contribution in [-0.2, 0) is 4.79 Å². The zero-order valence-corrected chi connectivity index (χ0v) is 16.4. The number of aromatic nitrogens is 3. The second-order valence-electron chi connectivity index (χ2n) is 6.88. The Morgan fingerprint density at radius 2 is 2.07 bits per heavy atom. The molecule has 0 unspecified atom stereocenters. The number of H-pyrrole nitrogens is 1. The predicted octanol–water partition coefficient (Wildman–Crippen LogP) is 2.85. The van der Waals surface area contributed by atoms with Crippen LogP contribution >= 0.6 is 11.5 Å². The number of amides is 2. The Bertz CT molecular complexity index is 1180. The Labute approximate surface area is 170 Å². The number of aryl methyl sites for hydroxylation is 1. The van der Waals surface area contributed by atoms with Gasteiger partial charge in [-0.1, -0.05) is 0 Å². The molecule has 8 nitrogen and oxygen atoms in total. The van der Waals surface area contributed by atoms with Crippen molar-refractivity contribution < 1.29 is 14.3 Å². The highest BCUT2D eigenvalue weighted by atomic mass is 32.1. The van der Waals surface area contributed by atoms with E-state index in [1.807, 2.05) is 24.4 Å². The Kier molecular flexibility index (Phi) is 4.17. The van der Waals surface area contributed by atoms with Gasteiger partial charge in [0.25, 0.3) is 11.8 Å². The van der Waals surface area contributed by atoms with Crippen molar-refractivity contribution in [3.63, 3.8) is 0 Å². The van der Waals surface area contributed by atoms with Crippen molar-refractivity contribution in [3.8, 4) is 17.1 Å². The molecule has 2 amide bonds. The lowest BCUT2D eigenvalue weighted by Crippen LogP contribution is -2.25. The monoisotopic (exact) mass is 407 g/mol. The Morgan fingerprint density at radius 3 is 2.97 bits per heavy atom. The molecule has 3 aromatic rings. The van der Waals surface area contributed by atoms with Crippen LogP contribution in [0.3, 0.4) is 0 Å². The molecule has 5 rings (SSSR count). The summed E-state index contributed by atoms with van der Waals surface area (Å²) < 4.78 is 10.1.